The van der Waals surface area contributed by atoms with E-state index in [2.05, 4.69) is 42.5 Å². The molecule has 0 saturated heterocycles. The van der Waals surface area contributed by atoms with Gasteiger partial charge in [0.25, 0.3) is 0 Å². The first kappa shape index (κ1) is 18.0. The minimum absolute atomic E-state index is 0. The van der Waals surface area contributed by atoms with Crippen LogP contribution in [0.15, 0.2) is 17.1 Å². The van der Waals surface area contributed by atoms with Crippen molar-refractivity contribution in [2.24, 2.45) is 4.99 Å². The van der Waals surface area contributed by atoms with Gasteiger partial charge in [-0.3, -0.25) is 4.99 Å². The molecule has 0 saturated carbocycles. The maximum Gasteiger partial charge on any atom is 0.191 e. The van der Waals surface area contributed by atoms with E-state index >= 15 is 0 Å². The Morgan fingerprint density at radius 2 is 2.06 bits per heavy atom. The molecule has 1 rings (SSSR count). The summed E-state index contributed by atoms with van der Waals surface area (Å²) in [5.74, 6) is 0.833. The molecule has 0 fully saturated rings. The van der Waals surface area contributed by atoms with Crippen molar-refractivity contribution in [1.29, 1.82) is 0 Å². The van der Waals surface area contributed by atoms with Crippen LogP contribution in [0.5, 0.6) is 0 Å². The Labute approximate surface area is 135 Å². The van der Waals surface area contributed by atoms with Crippen LogP contribution in [0, 0.1) is 0 Å². The minimum Gasteiger partial charge on any atom is -0.356 e. The highest BCUT2D eigenvalue weighted by molar-refractivity contribution is 14.0. The Morgan fingerprint density at radius 1 is 1.39 bits per heavy atom. The number of thiophene rings is 1. The number of rotatable bonds is 3. The topological polar surface area (TPSA) is 36.4 Å². The van der Waals surface area contributed by atoms with Crippen molar-refractivity contribution in [2.75, 3.05) is 13.6 Å². The predicted molar refractivity (Wildman–Crippen MR) is 92.7 cm³/mol. The first-order valence-corrected chi connectivity index (χ1v) is 6.83. The van der Waals surface area contributed by atoms with Crippen LogP contribution < -0.4 is 10.6 Å². The van der Waals surface area contributed by atoms with E-state index in [0.29, 0.717) is 0 Å². The van der Waals surface area contributed by atoms with E-state index in [1.54, 1.807) is 18.4 Å². The van der Waals surface area contributed by atoms with Gasteiger partial charge < -0.3 is 10.6 Å². The molecule has 0 bridgehead atoms. The molecular formula is C12H21ClIN3S. The molecule has 0 unspecified atom stereocenters. The van der Waals surface area contributed by atoms with Crippen molar-refractivity contribution in [3.63, 3.8) is 0 Å². The molecule has 6 heteroatoms. The summed E-state index contributed by atoms with van der Waals surface area (Å²) in [6, 6.07) is 4.00. The minimum atomic E-state index is 0. The lowest BCUT2D eigenvalue weighted by atomic mass is 10.1. The zero-order chi connectivity index (χ0) is 12.9. The van der Waals surface area contributed by atoms with E-state index < -0.39 is 0 Å². The highest BCUT2D eigenvalue weighted by Gasteiger charge is 2.11. The standard InChI is InChI=1S/C12H20ClN3S.HI/c1-12(2,3)16-11(14-4)15-8-7-9-5-6-10(13)17-9;/h5-6H,7-8H2,1-4H3,(H2,14,15,16);1H. The van der Waals surface area contributed by atoms with Gasteiger partial charge in [-0.2, -0.15) is 0 Å². The molecule has 0 aliphatic rings. The summed E-state index contributed by atoms with van der Waals surface area (Å²) in [5.41, 5.74) is 0.0219. The van der Waals surface area contributed by atoms with Crippen molar-refractivity contribution in [1.82, 2.24) is 10.6 Å². The Balaban J connectivity index is 0.00000289. The highest BCUT2D eigenvalue weighted by atomic mass is 127. The van der Waals surface area contributed by atoms with Gasteiger partial charge in [0.15, 0.2) is 5.96 Å². The molecule has 1 aromatic rings. The van der Waals surface area contributed by atoms with E-state index in [0.717, 1.165) is 23.3 Å². The molecule has 0 radical (unpaired) electrons. The summed E-state index contributed by atoms with van der Waals surface area (Å²) < 4.78 is 0.845. The van der Waals surface area contributed by atoms with Gasteiger partial charge in [-0.25, -0.2) is 0 Å². The summed E-state index contributed by atoms with van der Waals surface area (Å²) >= 11 is 7.50. The second-order valence-corrected chi connectivity index (χ2v) is 6.63. The molecule has 18 heavy (non-hydrogen) atoms. The fourth-order valence-corrected chi connectivity index (χ4v) is 2.41. The maximum absolute atomic E-state index is 5.88. The fraction of sp³-hybridized carbons (Fsp3) is 0.583. The zero-order valence-corrected chi connectivity index (χ0v) is 15.1. The average Bonchev–Trinajstić information content (AvgIpc) is 2.61. The third-order valence-electron chi connectivity index (χ3n) is 2.01. The molecule has 1 aromatic heterocycles. The van der Waals surface area contributed by atoms with Gasteiger partial charge >= 0.3 is 0 Å². The predicted octanol–water partition coefficient (Wildman–Crippen LogP) is 3.53. The fourth-order valence-electron chi connectivity index (χ4n) is 1.32. The van der Waals surface area contributed by atoms with Gasteiger partial charge in [-0.1, -0.05) is 11.6 Å². The molecule has 0 atom stereocenters. The van der Waals surface area contributed by atoms with E-state index in [1.165, 1.54) is 4.88 Å². The smallest absolute Gasteiger partial charge is 0.191 e. The quantitative estimate of drug-likeness (QED) is 0.462. The molecule has 1 heterocycles. The Bertz CT molecular complexity index is 385. The van der Waals surface area contributed by atoms with E-state index in [9.17, 15) is 0 Å². The summed E-state index contributed by atoms with van der Waals surface area (Å²) in [4.78, 5) is 5.47. The van der Waals surface area contributed by atoms with E-state index in [1.807, 2.05) is 6.07 Å². The van der Waals surface area contributed by atoms with Crippen molar-refractivity contribution < 1.29 is 0 Å². The average molecular weight is 402 g/mol. The third kappa shape index (κ3) is 7.43. The number of hydrogen-bond acceptors (Lipinski definition) is 2. The van der Waals surface area contributed by atoms with Gasteiger partial charge in [-0.05, 0) is 39.3 Å². The number of guanidine groups is 1. The lowest BCUT2D eigenvalue weighted by Gasteiger charge is -2.23. The summed E-state index contributed by atoms with van der Waals surface area (Å²) in [6.07, 6.45) is 0.961. The molecule has 0 aromatic carbocycles. The maximum atomic E-state index is 5.88. The zero-order valence-electron chi connectivity index (χ0n) is 11.2. The normalized spacial score (nSPS) is 11.9. The molecule has 3 nitrogen and oxygen atoms in total. The molecular weight excluding hydrogens is 381 g/mol. The monoisotopic (exact) mass is 401 g/mol. The molecule has 0 aliphatic heterocycles. The van der Waals surface area contributed by atoms with Crippen LogP contribution in [-0.4, -0.2) is 25.1 Å². The van der Waals surface area contributed by atoms with Gasteiger partial charge in [0.1, 0.15) is 0 Å². The second-order valence-electron chi connectivity index (χ2n) is 4.83. The molecule has 0 amide bonds. The Morgan fingerprint density at radius 3 is 2.50 bits per heavy atom. The summed E-state index contributed by atoms with van der Waals surface area (Å²) in [5, 5.41) is 6.60. The summed E-state index contributed by atoms with van der Waals surface area (Å²) in [6.45, 7) is 7.18. The van der Waals surface area contributed by atoms with Crippen LogP contribution in [0.1, 0.15) is 25.6 Å². The number of nitrogens with one attached hydrogen (secondary N) is 2. The highest BCUT2D eigenvalue weighted by Crippen LogP contribution is 2.21. The number of hydrogen-bond donors (Lipinski definition) is 2. The lowest BCUT2D eigenvalue weighted by molar-refractivity contribution is 0.502. The molecule has 0 spiro atoms. The number of aliphatic imine (C=N–C) groups is 1. The van der Waals surface area contributed by atoms with Crippen molar-refractivity contribution in [2.45, 2.75) is 32.7 Å². The van der Waals surface area contributed by atoms with Gasteiger partial charge in [0, 0.05) is 24.0 Å². The largest absolute Gasteiger partial charge is 0.356 e. The van der Waals surface area contributed by atoms with E-state index in [-0.39, 0.29) is 29.5 Å². The van der Waals surface area contributed by atoms with Crippen molar-refractivity contribution >= 4 is 52.9 Å². The first-order valence-electron chi connectivity index (χ1n) is 5.64. The van der Waals surface area contributed by atoms with Crippen LogP contribution in [0.2, 0.25) is 4.34 Å². The van der Waals surface area contributed by atoms with Crippen LogP contribution in [0.25, 0.3) is 0 Å². The van der Waals surface area contributed by atoms with Crippen LogP contribution in [0.3, 0.4) is 0 Å². The lowest BCUT2D eigenvalue weighted by Crippen LogP contribution is -2.47. The number of halogens is 2. The van der Waals surface area contributed by atoms with Crippen LogP contribution in [0.4, 0.5) is 0 Å². The Hall–Kier alpha value is -0.0100. The van der Waals surface area contributed by atoms with E-state index in [4.69, 9.17) is 11.6 Å². The van der Waals surface area contributed by atoms with Gasteiger partial charge in [0.05, 0.1) is 4.34 Å². The van der Waals surface area contributed by atoms with Crippen molar-refractivity contribution in [3.8, 4) is 0 Å². The number of nitrogens with zero attached hydrogens (tertiary/aromatic N) is 1. The summed E-state index contributed by atoms with van der Waals surface area (Å²) in [7, 11) is 1.78. The van der Waals surface area contributed by atoms with Crippen molar-refractivity contribution in [3.05, 3.63) is 21.3 Å². The van der Waals surface area contributed by atoms with Gasteiger partial charge in [0.2, 0.25) is 0 Å². The Kier molecular flexibility index (Phi) is 8.21. The van der Waals surface area contributed by atoms with Gasteiger partial charge in [-0.15, -0.1) is 35.3 Å². The molecule has 0 aliphatic carbocycles. The van der Waals surface area contributed by atoms with Crippen LogP contribution in [-0.2, 0) is 6.42 Å². The van der Waals surface area contributed by atoms with Crippen LogP contribution >= 0.6 is 46.9 Å². The first-order chi connectivity index (χ1) is 7.90. The SMILES string of the molecule is CN=C(NCCc1ccc(Cl)s1)NC(C)(C)C.I. The third-order valence-corrected chi connectivity index (χ3v) is 3.30. The molecule has 2 N–H and O–H groups in total. The molecule has 104 valence electrons. The second kappa shape index (κ2) is 8.22.